The zero-order chi connectivity index (χ0) is 20.7. The molecule has 3 bridgehead atoms. The molecule has 0 aromatic heterocycles. The Labute approximate surface area is 157 Å². The maximum Gasteiger partial charge on any atom is 0.431 e. The van der Waals surface area contributed by atoms with Crippen LogP contribution in [0.15, 0.2) is 0 Å². The maximum absolute atomic E-state index is 13.5. The molecule has 1 aliphatic heterocycles. The minimum absolute atomic E-state index is 0.0921. The number of ether oxygens (including phenoxy) is 2. The SMILES string of the molecule is O=C(CCC(F)(F)C(F)(F)S(=O)(=O)O)OC1C2CC3CC4C(=O)OC1CC34C2. The Morgan fingerprint density at radius 1 is 1.25 bits per heavy atom. The van der Waals surface area contributed by atoms with Crippen molar-refractivity contribution in [3.8, 4) is 0 Å². The van der Waals surface area contributed by atoms with Crippen LogP contribution < -0.4 is 0 Å². The molecular weight excluding hydrogens is 412 g/mol. The number of hydrogen-bond acceptors (Lipinski definition) is 6. The van der Waals surface area contributed by atoms with Crippen LogP contribution in [0, 0.1) is 23.2 Å². The number of esters is 2. The van der Waals surface area contributed by atoms with Gasteiger partial charge in [-0.15, -0.1) is 0 Å². The lowest BCUT2D eigenvalue weighted by Gasteiger charge is -2.57. The highest BCUT2D eigenvalue weighted by molar-refractivity contribution is 7.87. The summed E-state index contributed by atoms with van der Waals surface area (Å²) in [6.07, 6.45) is -1.88. The molecule has 3 aliphatic carbocycles. The van der Waals surface area contributed by atoms with Crippen LogP contribution in [0.1, 0.15) is 38.5 Å². The van der Waals surface area contributed by atoms with Crippen molar-refractivity contribution in [3.63, 3.8) is 0 Å². The Balaban J connectivity index is 1.40. The molecule has 0 aromatic carbocycles. The van der Waals surface area contributed by atoms with Crippen LogP contribution in [-0.2, 0) is 29.2 Å². The molecule has 1 N–H and O–H groups in total. The average Bonchev–Trinajstić information content (AvgIpc) is 2.79. The van der Waals surface area contributed by atoms with Gasteiger partial charge in [0.05, 0.1) is 12.3 Å². The van der Waals surface area contributed by atoms with Crippen molar-refractivity contribution in [1.82, 2.24) is 0 Å². The second kappa shape index (κ2) is 5.80. The van der Waals surface area contributed by atoms with Crippen LogP contribution in [0.5, 0.6) is 0 Å². The van der Waals surface area contributed by atoms with Gasteiger partial charge in [0.1, 0.15) is 12.2 Å². The molecule has 1 heterocycles. The van der Waals surface area contributed by atoms with Crippen molar-refractivity contribution in [1.29, 1.82) is 0 Å². The quantitative estimate of drug-likeness (QED) is 0.391. The standard InChI is InChI=1S/C16H18F4O7S/c17-15(18,16(19,20)28(23,24)25)2-1-11(21)27-12-7-3-8-4-9-13(22)26-10(12)6-14(8,9)5-7/h7-10,12H,1-6H2,(H,23,24,25). The van der Waals surface area contributed by atoms with Crippen molar-refractivity contribution in [3.05, 3.63) is 0 Å². The number of carbonyl (C=O) groups is 2. The fraction of sp³-hybridized carbons (Fsp3) is 0.875. The topological polar surface area (TPSA) is 107 Å². The van der Waals surface area contributed by atoms with Crippen molar-refractivity contribution >= 4 is 22.1 Å². The molecule has 1 saturated heterocycles. The van der Waals surface area contributed by atoms with Gasteiger partial charge in [0.15, 0.2) is 0 Å². The van der Waals surface area contributed by atoms with Gasteiger partial charge in [-0.05, 0) is 37.0 Å². The van der Waals surface area contributed by atoms with Gasteiger partial charge < -0.3 is 9.47 Å². The number of rotatable bonds is 6. The molecule has 6 unspecified atom stereocenters. The molecule has 7 nitrogen and oxygen atoms in total. The summed E-state index contributed by atoms with van der Waals surface area (Å²) >= 11 is 0. The number of hydrogen-bond donors (Lipinski definition) is 1. The second-order valence-corrected chi connectivity index (χ2v) is 9.71. The summed E-state index contributed by atoms with van der Waals surface area (Å²) in [5, 5.41) is -5.73. The Hall–Kier alpha value is -1.43. The van der Waals surface area contributed by atoms with E-state index in [2.05, 4.69) is 0 Å². The first-order chi connectivity index (χ1) is 12.8. The Morgan fingerprint density at radius 2 is 1.93 bits per heavy atom. The minimum Gasteiger partial charge on any atom is -0.458 e. The number of alkyl halides is 4. The smallest absolute Gasteiger partial charge is 0.431 e. The van der Waals surface area contributed by atoms with Crippen molar-refractivity contribution in [2.24, 2.45) is 23.2 Å². The third-order valence-electron chi connectivity index (χ3n) is 6.88. The minimum atomic E-state index is -6.35. The molecule has 0 aromatic rings. The Bertz CT molecular complexity index is 829. The highest BCUT2D eigenvalue weighted by Gasteiger charge is 2.71. The normalized spacial score (nSPS) is 39.2. The molecule has 0 amide bonds. The van der Waals surface area contributed by atoms with E-state index in [1.165, 1.54) is 0 Å². The molecule has 0 radical (unpaired) electrons. The van der Waals surface area contributed by atoms with Crippen LogP contribution in [0.25, 0.3) is 0 Å². The number of halogens is 4. The van der Waals surface area contributed by atoms with Crippen molar-refractivity contribution < 1.29 is 49.6 Å². The van der Waals surface area contributed by atoms with Gasteiger partial charge in [0.25, 0.3) is 0 Å². The van der Waals surface area contributed by atoms with Crippen LogP contribution in [0.3, 0.4) is 0 Å². The summed E-state index contributed by atoms with van der Waals surface area (Å²) in [4.78, 5) is 24.1. The van der Waals surface area contributed by atoms with E-state index in [0.29, 0.717) is 18.8 Å². The zero-order valence-electron chi connectivity index (χ0n) is 14.4. The summed E-state index contributed by atoms with van der Waals surface area (Å²) in [6.45, 7) is 0. The fourth-order valence-corrected chi connectivity index (χ4v) is 6.02. The molecule has 4 aliphatic rings. The second-order valence-electron chi connectivity index (χ2n) is 8.25. The Morgan fingerprint density at radius 3 is 2.57 bits per heavy atom. The van der Waals surface area contributed by atoms with Gasteiger partial charge in [-0.25, -0.2) is 0 Å². The van der Waals surface area contributed by atoms with E-state index in [4.69, 9.17) is 14.0 Å². The highest BCUT2D eigenvalue weighted by Crippen LogP contribution is 2.71. The molecule has 4 rings (SSSR count). The van der Waals surface area contributed by atoms with Gasteiger partial charge in [-0.2, -0.15) is 26.0 Å². The van der Waals surface area contributed by atoms with E-state index in [1.807, 2.05) is 0 Å². The maximum atomic E-state index is 13.5. The molecular formula is C16H18F4O7S. The summed E-state index contributed by atoms with van der Waals surface area (Å²) in [5.74, 6) is -6.63. The number of fused-ring (bicyclic) bond motifs is 2. The van der Waals surface area contributed by atoms with Crippen LogP contribution in [0.2, 0.25) is 0 Å². The molecule has 6 atom stereocenters. The van der Waals surface area contributed by atoms with Crippen molar-refractivity contribution in [2.45, 2.75) is 61.9 Å². The van der Waals surface area contributed by atoms with Crippen LogP contribution in [0.4, 0.5) is 17.6 Å². The predicted molar refractivity (Wildman–Crippen MR) is 81.8 cm³/mol. The lowest BCUT2D eigenvalue weighted by atomic mass is 9.50. The first-order valence-corrected chi connectivity index (χ1v) is 10.4. The summed E-state index contributed by atoms with van der Waals surface area (Å²) in [5.41, 5.74) is -0.127. The summed E-state index contributed by atoms with van der Waals surface area (Å²) in [7, 11) is -6.35. The third-order valence-corrected chi connectivity index (χ3v) is 7.83. The summed E-state index contributed by atoms with van der Waals surface area (Å²) < 4.78 is 93.3. The molecule has 28 heavy (non-hydrogen) atoms. The van der Waals surface area contributed by atoms with E-state index in [9.17, 15) is 35.6 Å². The van der Waals surface area contributed by atoms with E-state index < -0.39 is 52.3 Å². The first-order valence-electron chi connectivity index (χ1n) is 8.91. The fourth-order valence-electron chi connectivity index (χ4n) is 5.54. The Kier molecular flexibility index (Phi) is 4.12. The van der Waals surface area contributed by atoms with E-state index >= 15 is 0 Å². The molecule has 12 heteroatoms. The van der Waals surface area contributed by atoms with Gasteiger partial charge in [0.2, 0.25) is 0 Å². The molecule has 4 fully saturated rings. The van der Waals surface area contributed by atoms with Gasteiger partial charge >= 0.3 is 33.2 Å². The number of carbonyl (C=O) groups excluding carboxylic acids is 2. The third kappa shape index (κ3) is 2.59. The van der Waals surface area contributed by atoms with Gasteiger partial charge in [-0.3, -0.25) is 14.1 Å². The van der Waals surface area contributed by atoms with Gasteiger partial charge in [-0.1, -0.05) is 0 Å². The van der Waals surface area contributed by atoms with E-state index in [0.717, 1.165) is 12.8 Å². The monoisotopic (exact) mass is 430 g/mol. The lowest BCUT2D eigenvalue weighted by molar-refractivity contribution is -0.221. The molecule has 3 saturated carbocycles. The van der Waals surface area contributed by atoms with E-state index in [-0.39, 0.29) is 23.2 Å². The van der Waals surface area contributed by atoms with Crippen LogP contribution >= 0.6 is 0 Å². The first kappa shape index (κ1) is 19.9. The highest BCUT2D eigenvalue weighted by atomic mass is 32.2. The van der Waals surface area contributed by atoms with Crippen molar-refractivity contribution in [2.75, 3.05) is 0 Å². The molecule has 1 spiro atoms. The van der Waals surface area contributed by atoms with Gasteiger partial charge in [0, 0.05) is 12.3 Å². The predicted octanol–water partition coefficient (Wildman–Crippen LogP) is 2.16. The largest absolute Gasteiger partial charge is 0.458 e. The summed E-state index contributed by atoms with van der Waals surface area (Å²) in [6, 6.07) is 0. The zero-order valence-corrected chi connectivity index (χ0v) is 15.3. The van der Waals surface area contributed by atoms with Crippen LogP contribution in [-0.4, -0.2) is 48.3 Å². The average molecular weight is 430 g/mol. The molecule has 158 valence electrons. The van der Waals surface area contributed by atoms with E-state index in [1.54, 1.807) is 0 Å². The lowest BCUT2D eigenvalue weighted by Crippen LogP contribution is -2.60.